The molecule has 3 saturated heterocycles. The SMILES string of the molecule is CCCOC(=O)[C@H](C)NP(=O)(OCC(F)(F)F)[C@@H](F)c1ccc2sc(C(=O)N[C@H]3CC[C@H](N(C)C4CC(F)C4)C[C@H]4CC[C@@H](C(=O)N5C[C@H](c6ccccc6)CC56CC6)N4C3=O)cc2c1. The van der Waals surface area contributed by atoms with Gasteiger partial charge in [0.2, 0.25) is 17.7 Å². The number of rotatable bonds is 15. The average Bonchev–Trinajstić information content (AvgIpc) is 3.55. The second-order valence-electron chi connectivity index (χ2n) is 18.6. The van der Waals surface area contributed by atoms with Crippen LogP contribution < -0.4 is 10.4 Å². The minimum atomic E-state index is -5.07. The number of halogens is 5. The van der Waals surface area contributed by atoms with Gasteiger partial charge in [-0.3, -0.25) is 23.7 Å². The lowest BCUT2D eigenvalue weighted by Gasteiger charge is -2.45. The predicted octanol–water partition coefficient (Wildman–Crippen LogP) is 8.56. The van der Waals surface area contributed by atoms with Crippen LogP contribution >= 0.6 is 18.9 Å². The molecule has 2 aromatic carbocycles. The maximum absolute atomic E-state index is 16.2. The van der Waals surface area contributed by atoms with E-state index in [2.05, 4.69) is 32.0 Å². The number of carbonyl (C=O) groups is 4. The van der Waals surface area contributed by atoms with Crippen LogP contribution in [0.3, 0.4) is 0 Å². The van der Waals surface area contributed by atoms with Crippen molar-refractivity contribution in [2.45, 2.75) is 150 Å². The Balaban J connectivity index is 1.02. The van der Waals surface area contributed by atoms with Gasteiger partial charge < -0.3 is 29.3 Å². The first-order chi connectivity index (χ1) is 30.9. The van der Waals surface area contributed by atoms with E-state index in [0.29, 0.717) is 61.6 Å². The Kier molecular flexibility index (Phi) is 13.9. The van der Waals surface area contributed by atoms with Gasteiger partial charge in [-0.15, -0.1) is 11.3 Å². The van der Waals surface area contributed by atoms with E-state index >= 15 is 4.39 Å². The Morgan fingerprint density at radius 2 is 1.75 bits per heavy atom. The first-order valence-corrected chi connectivity index (χ1v) is 25.2. The third-order valence-corrected chi connectivity index (χ3v) is 17.4. The number of thiophene rings is 1. The molecule has 8 rings (SSSR count). The van der Waals surface area contributed by atoms with Crippen LogP contribution in [0.1, 0.15) is 117 Å². The molecule has 5 fully saturated rings. The summed E-state index contributed by atoms with van der Waals surface area (Å²) in [5, 5.41) is 5.40. The van der Waals surface area contributed by atoms with Gasteiger partial charge in [-0.1, -0.05) is 43.3 Å². The van der Waals surface area contributed by atoms with Gasteiger partial charge in [-0.25, -0.2) is 13.9 Å². The Hall–Kier alpha value is -3.96. The number of esters is 1. The summed E-state index contributed by atoms with van der Waals surface area (Å²) in [5.74, 6) is -4.39. The first-order valence-electron chi connectivity index (χ1n) is 22.7. The van der Waals surface area contributed by atoms with Crippen LogP contribution in [0.4, 0.5) is 22.0 Å². The van der Waals surface area contributed by atoms with Crippen molar-refractivity contribution in [3.05, 3.63) is 70.6 Å². The van der Waals surface area contributed by atoms with Crippen molar-refractivity contribution in [1.82, 2.24) is 25.1 Å². The third kappa shape index (κ3) is 10.2. The zero-order valence-corrected chi connectivity index (χ0v) is 38.4. The van der Waals surface area contributed by atoms with Gasteiger partial charge in [0.25, 0.3) is 5.91 Å². The van der Waals surface area contributed by atoms with Gasteiger partial charge in [0.1, 0.15) is 24.3 Å². The molecule has 1 aromatic heterocycles. The van der Waals surface area contributed by atoms with E-state index in [-0.39, 0.29) is 64.9 Å². The van der Waals surface area contributed by atoms with Crippen molar-refractivity contribution in [3.63, 3.8) is 0 Å². The van der Waals surface area contributed by atoms with Crippen molar-refractivity contribution in [1.29, 1.82) is 0 Å². The minimum absolute atomic E-state index is 0.00823. The molecule has 65 heavy (non-hydrogen) atoms. The minimum Gasteiger partial charge on any atom is -0.465 e. The molecule has 2 N–H and O–H groups in total. The van der Waals surface area contributed by atoms with Crippen LogP contribution in [0.5, 0.6) is 0 Å². The number of alkyl halides is 5. The molecule has 0 radical (unpaired) electrons. The van der Waals surface area contributed by atoms with Crippen LogP contribution in [-0.2, 0) is 28.2 Å². The number of benzene rings is 2. The van der Waals surface area contributed by atoms with Gasteiger partial charge in [0.05, 0.1) is 11.5 Å². The molecule has 354 valence electrons. The molecule has 3 amide bonds. The molecule has 0 bridgehead atoms. The second kappa shape index (κ2) is 19.0. The van der Waals surface area contributed by atoms with E-state index in [0.717, 1.165) is 30.6 Å². The number of ether oxygens (including phenoxy) is 1. The van der Waals surface area contributed by atoms with Gasteiger partial charge in [-0.2, -0.15) is 13.2 Å². The Bertz CT molecular complexity index is 2290. The van der Waals surface area contributed by atoms with Gasteiger partial charge >= 0.3 is 19.7 Å². The zero-order valence-electron chi connectivity index (χ0n) is 36.7. The third-order valence-electron chi connectivity index (χ3n) is 14.1. The molecule has 5 aliphatic rings. The van der Waals surface area contributed by atoms with Crippen molar-refractivity contribution in [2.75, 3.05) is 26.8 Å². The maximum atomic E-state index is 16.2. The second-order valence-corrected chi connectivity index (χ2v) is 21.9. The van der Waals surface area contributed by atoms with Crippen LogP contribution in [0.2, 0.25) is 0 Å². The normalized spacial score (nSPS) is 28.3. The smallest absolute Gasteiger partial charge is 0.412 e. The van der Waals surface area contributed by atoms with Crippen LogP contribution in [0, 0.1) is 0 Å². The highest BCUT2D eigenvalue weighted by molar-refractivity contribution is 7.57. The van der Waals surface area contributed by atoms with Gasteiger partial charge in [0.15, 0.2) is 6.61 Å². The first kappa shape index (κ1) is 47.5. The van der Waals surface area contributed by atoms with Crippen molar-refractivity contribution < 1.29 is 55.0 Å². The molecule has 2 aliphatic carbocycles. The van der Waals surface area contributed by atoms with E-state index < -0.39 is 62.4 Å². The molecule has 1 unspecified atom stereocenters. The monoisotopic (exact) mass is 949 g/mol. The lowest BCUT2D eigenvalue weighted by Crippen LogP contribution is -2.59. The van der Waals surface area contributed by atoms with E-state index in [4.69, 9.17) is 4.74 Å². The van der Waals surface area contributed by atoms with Crippen LogP contribution in [-0.4, -0.2) is 119 Å². The number of nitrogens with zero attached hydrogens (tertiary/aromatic N) is 3. The average molecular weight is 950 g/mol. The number of fused-ring (bicyclic) bond motifs is 2. The Morgan fingerprint density at radius 1 is 1.02 bits per heavy atom. The zero-order chi connectivity index (χ0) is 46.4. The van der Waals surface area contributed by atoms with Crippen LogP contribution in [0.15, 0.2) is 54.6 Å². The highest BCUT2D eigenvalue weighted by atomic mass is 32.1. The quantitative estimate of drug-likeness (QED) is 0.0873. The number of likely N-dealkylation sites (tertiary alicyclic amines) is 1. The molecule has 4 heterocycles. The lowest BCUT2D eigenvalue weighted by atomic mass is 9.86. The summed E-state index contributed by atoms with van der Waals surface area (Å²) >= 11 is 1.05. The summed E-state index contributed by atoms with van der Waals surface area (Å²) in [6, 6.07) is 12.1. The molecular formula is C46H57F5N5O7PS. The fraction of sp³-hybridized carbons (Fsp3) is 0.609. The number of nitrogens with one attached hydrogen (secondary N) is 2. The summed E-state index contributed by atoms with van der Waals surface area (Å²) in [7, 11) is -3.09. The molecule has 12 nitrogen and oxygen atoms in total. The van der Waals surface area contributed by atoms with Crippen molar-refractivity contribution in [2.24, 2.45) is 0 Å². The van der Waals surface area contributed by atoms with E-state index in [9.17, 15) is 41.3 Å². The van der Waals surface area contributed by atoms with Crippen molar-refractivity contribution in [3.8, 4) is 0 Å². The molecule has 2 saturated carbocycles. The van der Waals surface area contributed by atoms with Gasteiger partial charge in [-0.05, 0) is 119 Å². The largest absolute Gasteiger partial charge is 0.465 e. The topological polar surface area (TPSA) is 138 Å². The number of hydrogen-bond donors (Lipinski definition) is 2. The maximum Gasteiger partial charge on any atom is 0.412 e. The Labute approximate surface area is 379 Å². The summed E-state index contributed by atoms with van der Waals surface area (Å²) < 4.78 is 94.0. The molecule has 8 atom stereocenters. The molecular weight excluding hydrogens is 893 g/mol. The number of carbonyl (C=O) groups excluding carboxylic acids is 4. The van der Waals surface area contributed by atoms with Gasteiger partial charge in [0, 0.05) is 40.8 Å². The van der Waals surface area contributed by atoms with E-state index in [1.54, 1.807) is 11.8 Å². The predicted molar refractivity (Wildman–Crippen MR) is 235 cm³/mol. The fourth-order valence-corrected chi connectivity index (χ4v) is 13.1. The highest BCUT2D eigenvalue weighted by Gasteiger charge is 2.59. The Morgan fingerprint density at radius 3 is 2.43 bits per heavy atom. The molecule has 19 heteroatoms. The summed E-state index contributed by atoms with van der Waals surface area (Å²) in [6.45, 7) is 1.42. The van der Waals surface area contributed by atoms with E-state index in [1.165, 1.54) is 36.8 Å². The lowest BCUT2D eigenvalue weighted by molar-refractivity contribution is -0.154. The van der Waals surface area contributed by atoms with Crippen molar-refractivity contribution >= 4 is 52.6 Å². The van der Waals surface area contributed by atoms with Crippen LogP contribution in [0.25, 0.3) is 10.1 Å². The van der Waals surface area contributed by atoms with E-state index in [1.807, 2.05) is 30.1 Å². The molecule has 3 aliphatic heterocycles. The number of hydrogen-bond acceptors (Lipinski definition) is 9. The summed E-state index contributed by atoms with van der Waals surface area (Å²) in [4.78, 5) is 62.2. The highest BCUT2D eigenvalue weighted by Crippen LogP contribution is 2.59. The molecule has 3 aromatic rings. The number of amides is 3. The standard InChI is InChI=1S/C46H57F5N5O7PS/c1-4-18-62-44(60)27(2)53-64(61,63-26-46(49,50)51)40(48)29-10-15-38-30(19-29)20-39(65-38)41(57)52-36-13-11-33(54(3)35-21-32(47)22-35)23-34-12-14-37(56(34)42(36)58)43(59)55-25-31(24-45(55)16-17-45)28-8-6-5-7-9-28/h5-10,15,19-20,27,31-37,40H,4,11-14,16-18,21-26H2,1-3H3,(H,52,57)(H,53,61)/t27-,31+,32?,33-,34+,35?,36-,37-,40+,64?/m0/s1. The fourth-order valence-electron chi connectivity index (χ4n) is 10.3. The summed E-state index contributed by atoms with van der Waals surface area (Å²) in [5.41, 5.74) is 0.645. The molecule has 1 spiro atoms. The summed E-state index contributed by atoms with van der Waals surface area (Å²) in [6.07, 6.45) is 0.726.